The quantitative estimate of drug-likeness (QED) is 0.147. The van der Waals surface area contributed by atoms with Crippen LogP contribution in [0.4, 0.5) is 17.1 Å². The number of aromatic nitrogens is 1. The summed E-state index contributed by atoms with van der Waals surface area (Å²) in [5.74, 6) is 0.127. The molecule has 2 nitrogen and oxygen atoms in total. The molecule has 13 rings (SSSR count). The van der Waals surface area contributed by atoms with E-state index in [0.717, 1.165) is 41.2 Å². The van der Waals surface area contributed by atoms with Crippen LogP contribution in [0.1, 0.15) is 68.4 Å². The molecule has 352 valence electrons. The van der Waals surface area contributed by atoms with E-state index < -0.39 is 5.41 Å². The third-order valence-electron chi connectivity index (χ3n) is 16.2. The van der Waals surface area contributed by atoms with E-state index in [0.29, 0.717) is 0 Å². The van der Waals surface area contributed by atoms with Crippen molar-refractivity contribution in [3.8, 4) is 50.2 Å². The van der Waals surface area contributed by atoms with Crippen molar-refractivity contribution in [2.24, 2.45) is 5.92 Å². The third-order valence-corrected chi connectivity index (χ3v) is 16.2. The second kappa shape index (κ2) is 17.4. The lowest BCUT2D eigenvalue weighted by molar-refractivity contribution is 0.527. The van der Waals surface area contributed by atoms with Gasteiger partial charge in [-0.05, 0) is 133 Å². The summed E-state index contributed by atoms with van der Waals surface area (Å²) in [4.78, 5) is 2.57. The predicted octanol–water partition coefficient (Wildman–Crippen LogP) is 17.3. The smallest absolute Gasteiger partial charge is 0.0702 e. The maximum absolute atomic E-state index is 4.26. The number of nitrogens with zero attached hydrogens (tertiary/aromatic N) is 2. The Balaban J connectivity index is 1.11. The lowest BCUT2D eigenvalue weighted by Gasteiger charge is -2.36. The molecule has 0 fully saturated rings. The van der Waals surface area contributed by atoms with Crippen molar-refractivity contribution < 1.29 is 0 Å². The summed E-state index contributed by atoms with van der Waals surface area (Å²) in [5, 5.41) is 3.86. The first-order valence-corrected chi connectivity index (χ1v) is 26.0. The molecule has 1 spiro atoms. The van der Waals surface area contributed by atoms with Crippen molar-refractivity contribution in [3.63, 3.8) is 0 Å². The Bertz CT molecular complexity index is 4010. The van der Waals surface area contributed by atoms with Crippen LogP contribution in [0.25, 0.3) is 78.8 Å². The fourth-order valence-corrected chi connectivity index (χ4v) is 12.9. The zero-order valence-electron chi connectivity index (χ0n) is 42.1. The normalized spacial score (nSPS) is 16.9. The maximum atomic E-state index is 4.26. The van der Waals surface area contributed by atoms with Gasteiger partial charge in [-0.1, -0.05) is 235 Å². The molecule has 0 N–H and O–H groups in total. The molecular weight excluding hydrogens is 881 g/mol. The Morgan fingerprint density at radius 1 is 0.521 bits per heavy atom. The van der Waals surface area contributed by atoms with Crippen molar-refractivity contribution in [2.75, 3.05) is 4.90 Å². The maximum Gasteiger partial charge on any atom is 0.0702 e. The molecule has 0 radical (unpaired) electrons. The summed E-state index contributed by atoms with van der Waals surface area (Å²) >= 11 is 0. The largest absolute Gasteiger partial charge is 0.308 e. The van der Waals surface area contributed by atoms with Gasteiger partial charge in [0.1, 0.15) is 0 Å². The van der Waals surface area contributed by atoms with Crippen molar-refractivity contribution in [1.29, 1.82) is 0 Å². The summed E-state index contributed by atoms with van der Waals surface area (Å²) in [7, 11) is 0. The molecule has 0 aliphatic heterocycles. The highest BCUT2D eigenvalue weighted by molar-refractivity contribution is 6.00. The van der Waals surface area contributed by atoms with Crippen LogP contribution in [0, 0.1) is 5.92 Å². The molecule has 9 aromatic carbocycles. The third kappa shape index (κ3) is 6.84. The first-order valence-electron chi connectivity index (χ1n) is 26.0. The van der Waals surface area contributed by atoms with Gasteiger partial charge >= 0.3 is 0 Å². The summed E-state index contributed by atoms with van der Waals surface area (Å²) < 4.78 is 2.52. The number of fused-ring (bicyclic) bond motifs is 10. The molecule has 0 bridgehead atoms. The van der Waals surface area contributed by atoms with Gasteiger partial charge in [-0.15, -0.1) is 0 Å². The number of hydrogen-bond acceptors (Lipinski definition) is 1. The Morgan fingerprint density at radius 2 is 1.10 bits per heavy atom. The molecule has 0 saturated heterocycles. The van der Waals surface area contributed by atoms with Crippen LogP contribution in [0.5, 0.6) is 0 Å². The molecular formula is C71H58N2. The van der Waals surface area contributed by atoms with Crippen LogP contribution in [0.2, 0.25) is 0 Å². The van der Waals surface area contributed by atoms with Crippen LogP contribution in [-0.4, -0.2) is 4.57 Å². The molecule has 10 aromatic rings. The van der Waals surface area contributed by atoms with Gasteiger partial charge in [-0.3, -0.25) is 0 Å². The standard InChI is InChI=1S/C71H58N2/c1-6-24-51-47(2)71(63-45-49(70(3,4)5)41-43-57(51)63)62-35-18-14-31-56(62)58-44-42-50(46-64(58)71)72(68-39-22-23-40-69(68)73-66-37-20-16-33-60(66)61-34-17-21-38-67(61)73)65-36-19-15-32-59(65)55-30-13-12-29-54(55)53-28-11-10-27-52(53)48-25-8-7-9-26-48/h6-16,18-20,22-47H,1,17,21H2,2-5H3/b51-24+/t47-,71?/m0/s1. The van der Waals surface area contributed by atoms with Crippen molar-refractivity contribution >= 4 is 45.7 Å². The highest BCUT2D eigenvalue weighted by atomic mass is 15.2. The molecule has 73 heavy (non-hydrogen) atoms. The van der Waals surface area contributed by atoms with E-state index in [1.54, 1.807) is 0 Å². The van der Waals surface area contributed by atoms with Gasteiger partial charge in [0.25, 0.3) is 0 Å². The second-order valence-corrected chi connectivity index (χ2v) is 21.1. The predicted molar refractivity (Wildman–Crippen MR) is 309 cm³/mol. The van der Waals surface area contributed by atoms with Crippen LogP contribution in [0.15, 0.2) is 231 Å². The average Bonchev–Trinajstić information content (AvgIpc) is 4.02. The van der Waals surface area contributed by atoms with Crippen LogP contribution in [-0.2, 0) is 10.8 Å². The molecule has 3 aliphatic carbocycles. The zero-order chi connectivity index (χ0) is 49.4. The Hall–Kier alpha value is -8.46. The lowest BCUT2D eigenvalue weighted by atomic mass is 9.67. The topological polar surface area (TPSA) is 8.17 Å². The van der Waals surface area contributed by atoms with E-state index in [-0.39, 0.29) is 11.3 Å². The van der Waals surface area contributed by atoms with Gasteiger partial charge < -0.3 is 9.47 Å². The summed E-state index contributed by atoms with van der Waals surface area (Å²) in [6, 6.07) is 79.6. The first-order chi connectivity index (χ1) is 35.8. The van der Waals surface area contributed by atoms with Gasteiger partial charge in [0.15, 0.2) is 0 Å². The van der Waals surface area contributed by atoms with Crippen LogP contribution >= 0.6 is 0 Å². The number of hydrogen-bond donors (Lipinski definition) is 0. The SMILES string of the molecule is C=C/C=C1/c2ccc(C(C)(C)C)cc2C2(c3ccccc3-c3ccc(N(c4ccccc4-c4ccccc4-c4ccccc4-c4ccccc4)c4ccccc4-n4c5c(c6ccccc64)=CCCC=5)cc32)[C@H]1C. The molecule has 3 aliphatic rings. The molecule has 1 unspecified atom stereocenters. The molecule has 0 amide bonds. The van der Waals surface area contributed by atoms with Gasteiger partial charge in [0, 0.05) is 27.2 Å². The summed E-state index contributed by atoms with van der Waals surface area (Å²) in [6.07, 6.45) is 11.2. The minimum atomic E-state index is -0.452. The fraction of sp³-hybridized carbons (Fsp3) is 0.127. The average molecular weight is 939 g/mol. The number of allylic oxidation sites excluding steroid dienone is 3. The fourth-order valence-electron chi connectivity index (χ4n) is 12.9. The Morgan fingerprint density at radius 3 is 1.86 bits per heavy atom. The van der Waals surface area contributed by atoms with E-state index in [2.05, 4.69) is 274 Å². The molecule has 1 aromatic heterocycles. The van der Waals surface area contributed by atoms with E-state index >= 15 is 0 Å². The van der Waals surface area contributed by atoms with E-state index in [1.165, 1.54) is 93.8 Å². The lowest BCUT2D eigenvalue weighted by Crippen LogP contribution is -2.31. The first kappa shape index (κ1) is 44.5. The number of para-hydroxylation sites is 4. The minimum Gasteiger partial charge on any atom is -0.308 e. The van der Waals surface area contributed by atoms with Crippen molar-refractivity contribution in [3.05, 3.63) is 269 Å². The van der Waals surface area contributed by atoms with Crippen LogP contribution < -0.4 is 15.5 Å². The zero-order valence-corrected chi connectivity index (χ0v) is 42.1. The van der Waals surface area contributed by atoms with E-state index in [9.17, 15) is 0 Å². The monoisotopic (exact) mass is 938 g/mol. The van der Waals surface area contributed by atoms with E-state index in [1.807, 2.05) is 6.08 Å². The van der Waals surface area contributed by atoms with Crippen molar-refractivity contribution in [1.82, 2.24) is 4.57 Å². The van der Waals surface area contributed by atoms with Gasteiger partial charge in [-0.2, -0.15) is 0 Å². The van der Waals surface area contributed by atoms with Gasteiger partial charge in [-0.25, -0.2) is 0 Å². The molecule has 1 heterocycles. The summed E-state index contributed by atoms with van der Waals surface area (Å²) in [5.41, 5.74) is 22.9. The molecule has 0 saturated carbocycles. The molecule has 2 heteroatoms. The van der Waals surface area contributed by atoms with Crippen molar-refractivity contribution in [2.45, 2.75) is 51.4 Å². The second-order valence-electron chi connectivity index (χ2n) is 21.1. The number of rotatable bonds is 8. The highest BCUT2D eigenvalue weighted by Crippen LogP contribution is 2.65. The minimum absolute atomic E-state index is 0.0354. The van der Waals surface area contributed by atoms with Gasteiger partial charge in [0.05, 0.1) is 28.0 Å². The number of benzene rings is 9. The Kier molecular flexibility index (Phi) is 10.6. The Labute approximate surface area is 429 Å². The summed E-state index contributed by atoms with van der Waals surface area (Å²) in [6.45, 7) is 13.7. The van der Waals surface area contributed by atoms with Gasteiger partial charge in [0.2, 0.25) is 0 Å². The van der Waals surface area contributed by atoms with Crippen LogP contribution in [0.3, 0.4) is 0 Å². The highest BCUT2D eigenvalue weighted by Gasteiger charge is 2.55. The molecule has 2 atom stereocenters. The number of anilines is 3. The van der Waals surface area contributed by atoms with E-state index in [4.69, 9.17) is 0 Å².